The molecule has 0 amide bonds. The van der Waals surface area contributed by atoms with Gasteiger partial charge in [0.25, 0.3) is 5.89 Å². The first-order valence-corrected chi connectivity index (χ1v) is 9.61. The van der Waals surface area contributed by atoms with E-state index >= 15 is 0 Å². The van der Waals surface area contributed by atoms with Gasteiger partial charge in [0.15, 0.2) is 0 Å². The molecule has 9 heteroatoms. The highest BCUT2D eigenvalue weighted by atomic mass is 32.2. The van der Waals surface area contributed by atoms with Crippen LogP contribution >= 0.6 is 11.8 Å². The van der Waals surface area contributed by atoms with Crippen molar-refractivity contribution in [1.29, 1.82) is 0 Å². The molecule has 4 rings (SSSR count). The lowest BCUT2D eigenvalue weighted by atomic mass is 10.1. The SMILES string of the molecule is CCCc1nc(SCc2nnc(-c3c(-c4ccccc4)noc3C)o2)n[nH]1. The first kappa shape index (κ1) is 17.5. The normalized spacial score (nSPS) is 11.2. The molecule has 3 aromatic heterocycles. The van der Waals surface area contributed by atoms with Gasteiger partial charge in [0.05, 0.1) is 5.75 Å². The van der Waals surface area contributed by atoms with E-state index in [-0.39, 0.29) is 0 Å². The molecule has 1 N–H and O–H groups in total. The summed E-state index contributed by atoms with van der Waals surface area (Å²) in [6.07, 6.45) is 1.90. The van der Waals surface area contributed by atoms with E-state index in [0.29, 0.717) is 39.7 Å². The third-order valence-electron chi connectivity index (χ3n) is 3.91. The van der Waals surface area contributed by atoms with Crippen molar-refractivity contribution in [2.24, 2.45) is 0 Å². The smallest absolute Gasteiger partial charge is 0.253 e. The van der Waals surface area contributed by atoms with E-state index < -0.39 is 0 Å². The molecule has 0 aliphatic rings. The third kappa shape index (κ3) is 3.77. The summed E-state index contributed by atoms with van der Waals surface area (Å²) < 4.78 is 11.2. The second-order valence-corrected chi connectivity index (χ2v) is 6.88. The minimum atomic E-state index is 0.393. The van der Waals surface area contributed by atoms with Gasteiger partial charge in [-0.2, -0.15) is 0 Å². The van der Waals surface area contributed by atoms with Crippen LogP contribution in [0.1, 0.15) is 30.8 Å². The molecule has 0 atom stereocenters. The van der Waals surface area contributed by atoms with Crippen LogP contribution in [0.2, 0.25) is 0 Å². The first-order chi connectivity index (χ1) is 13.2. The summed E-state index contributed by atoms with van der Waals surface area (Å²) in [7, 11) is 0. The number of rotatable bonds is 7. The lowest BCUT2D eigenvalue weighted by molar-refractivity contribution is 0.399. The Morgan fingerprint density at radius 2 is 2.00 bits per heavy atom. The fourth-order valence-corrected chi connectivity index (χ4v) is 3.30. The largest absolute Gasteiger partial charge is 0.420 e. The maximum atomic E-state index is 5.84. The van der Waals surface area contributed by atoms with Crippen LogP contribution in [0.4, 0.5) is 0 Å². The number of H-pyrrole nitrogens is 1. The summed E-state index contributed by atoms with van der Waals surface area (Å²) >= 11 is 1.45. The molecular weight excluding hydrogens is 364 g/mol. The highest BCUT2D eigenvalue weighted by Gasteiger charge is 2.22. The van der Waals surface area contributed by atoms with Crippen LogP contribution in [0, 0.1) is 6.92 Å². The Labute approximate surface area is 159 Å². The fourth-order valence-electron chi connectivity index (χ4n) is 2.65. The first-order valence-electron chi connectivity index (χ1n) is 8.63. The highest BCUT2D eigenvalue weighted by Crippen LogP contribution is 2.33. The topological polar surface area (TPSA) is 107 Å². The second kappa shape index (κ2) is 7.75. The summed E-state index contributed by atoms with van der Waals surface area (Å²) in [5, 5.41) is 20.3. The summed E-state index contributed by atoms with van der Waals surface area (Å²) in [5.74, 6) is 2.90. The van der Waals surface area contributed by atoms with Crippen molar-refractivity contribution in [1.82, 2.24) is 30.5 Å². The molecule has 8 nitrogen and oxygen atoms in total. The number of aromatic amines is 1. The Morgan fingerprint density at radius 3 is 2.81 bits per heavy atom. The molecule has 0 bridgehead atoms. The van der Waals surface area contributed by atoms with Gasteiger partial charge in [0, 0.05) is 12.0 Å². The van der Waals surface area contributed by atoms with Gasteiger partial charge in [-0.1, -0.05) is 54.2 Å². The Morgan fingerprint density at radius 1 is 1.15 bits per heavy atom. The van der Waals surface area contributed by atoms with Gasteiger partial charge in [-0.25, -0.2) is 4.98 Å². The molecule has 0 spiro atoms. The van der Waals surface area contributed by atoms with E-state index in [2.05, 4.69) is 37.5 Å². The molecule has 0 radical (unpaired) electrons. The minimum absolute atomic E-state index is 0.393. The van der Waals surface area contributed by atoms with Gasteiger partial charge < -0.3 is 8.94 Å². The number of nitrogens with one attached hydrogen (secondary N) is 1. The summed E-state index contributed by atoms with van der Waals surface area (Å²) in [6.45, 7) is 3.93. The van der Waals surface area contributed by atoms with E-state index in [1.807, 2.05) is 37.3 Å². The number of thioether (sulfide) groups is 1. The van der Waals surface area contributed by atoms with Crippen LogP contribution in [0.25, 0.3) is 22.7 Å². The molecule has 0 saturated carbocycles. The van der Waals surface area contributed by atoms with Crippen LogP contribution in [0.5, 0.6) is 0 Å². The van der Waals surface area contributed by atoms with E-state index in [1.54, 1.807) is 0 Å². The molecule has 27 heavy (non-hydrogen) atoms. The Kier molecular flexibility index (Phi) is 5.01. The predicted octanol–water partition coefficient (Wildman–Crippen LogP) is 4.06. The van der Waals surface area contributed by atoms with E-state index in [1.165, 1.54) is 11.8 Å². The molecule has 0 saturated heterocycles. The van der Waals surface area contributed by atoms with Crippen LogP contribution < -0.4 is 0 Å². The maximum absolute atomic E-state index is 5.84. The van der Waals surface area contributed by atoms with Gasteiger partial charge in [0.2, 0.25) is 11.0 Å². The Hall–Kier alpha value is -2.94. The van der Waals surface area contributed by atoms with Crippen molar-refractivity contribution in [3.8, 4) is 22.7 Å². The number of aromatic nitrogens is 6. The van der Waals surface area contributed by atoms with E-state index in [0.717, 1.165) is 24.2 Å². The van der Waals surface area contributed by atoms with Crippen molar-refractivity contribution in [3.05, 3.63) is 47.8 Å². The van der Waals surface area contributed by atoms with Crippen LogP contribution in [-0.2, 0) is 12.2 Å². The van der Waals surface area contributed by atoms with Crippen LogP contribution in [0.15, 0.2) is 44.4 Å². The molecule has 4 aromatic rings. The zero-order chi connectivity index (χ0) is 18.6. The van der Waals surface area contributed by atoms with Gasteiger partial charge >= 0.3 is 0 Å². The van der Waals surface area contributed by atoms with Crippen LogP contribution in [0.3, 0.4) is 0 Å². The average Bonchev–Trinajstić information content (AvgIpc) is 3.41. The standard InChI is InChI=1S/C18H18N6O2S/c1-3-7-13-19-18(23-20-13)27-10-14-21-22-17(25-14)15-11(2)26-24-16(15)12-8-5-4-6-9-12/h4-6,8-9H,3,7,10H2,1-2H3,(H,19,20,23). The zero-order valence-electron chi connectivity index (χ0n) is 15.0. The zero-order valence-corrected chi connectivity index (χ0v) is 15.8. The minimum Gasteiger partial charge on any atom is -0.420 e. The molecule has 138 valence electrons. The monoisotopic (exact) mass is 382 g/mol. The number of hydrogen-bond donors (Lipinski definition) is 1. The molecule has 0 aliphatic carbocycles. The summed E-state index contributed by atoms with van der Waals surface area (Å²) in [5.41, 5.74) is 2.34. The fraction of sp³-hybridized carbons (Fsp3) is 0.278. The third-order valence-corrected chi connectivity index (χ3v) is 4.75. The van der Waals surface area contributed by atoms with E-state index in [9.17, 15) is 0 Å². The highest BCUT2D eigenvalue weighted by molar-refractivity contribution is 7.98. The summed E-state index contributed by atoms with van der Waals surface area (Å²) in [4.78, 5) is 4.42. The Balaban J connectivity index is 1.52. The molecule has 1 aromatic carbocycles. The van der Waals surface area contributed by atoms with Crippen molar-refractivity contribution in [2.45, 2.75) is 37.6 Å². The predicted molar refractivity (Wildman–Crippen MR) is 99.9 cm³/mol. The molecule has 0 unspecified atom stereocenters. The number of benzene rings is 1. The molecule has 3 heterocycles. The molecular formula is C18H18N6O2S. The van der Waals surface area contributed by atoms with Gasteiger partial charge in [0.1, 0.15) is 22.8 Å². The maximum Gasteiger partial charge on any atom is 0.253 e. The lowest BCUT2D eigenvalue weighted by Crippen LogP contribution is -1.85. The Bertz CT molecular complexity index is 1020. The quantitative estimate of drug-likeness (QED) is 0.477. The average molecular weight is 382 g/mol. The van der Waals surface area contributed by atoms with Crippen molar-refractivity contribution >= 4 is 11.8 Å². The second-order valence-electron chi connectivity index (χ2n) is 5.93. The molecule has 0 fully saturated rings. The lowest BCUT2D eigenvalue weighted by Gasteiger charge is -1.98. The number of nitrogens with zero attached hydrogens (tertiary/aromatic N) is 5. The van der Waals surface area contributed by atoms with Crippen molar-refractivity contribution in [2.75, 3.05) is 0 Å². The van der Waals surface area contributed by atoms with Crippen LogP contribution in [-0.4, -0.2) is 30.5 Å². The van der Waals surface area contributed by atoms with Crippen molar-refractivity contribution < 1.29 is 8.94 Å². The number of aryl methyl sites for hydroxylation is 2. The van der Waals surface area contributed by atoms with Gasteiger partial charge in [-0.3, -0.25) is 5.10 Å². The molecule has 0 aliphatic heterocycles. The van der Waals surface area contributed by atoms with E-state index in [4.69, 9.17) is 8.94 Å². The van der Waals surface area contributed by atoms with Gasteiger partial charge in [-0.15, -0.1) is 15.3 Å². The number of hydrogen-bond acceptors (Lipinski definition) is 8. The summed E-state index contributed by atoms with van der Waals surface area (Å²) in [6, 6.07) is 9.77. The van der Waals surface area contributed by atoms with Crippen molar-refractivity contribution in [3.63, 3.8) is 0 Å². The van der Waals surface area contributed by atoms with Gasteiger partial charge in [-0.05, 0) is 13.3 Å².